The van der Waals surface area contributed by atoms with Crippen molar-refractivity contribution in [3.63, 3.8) is 0 Å². The van der Waals surface area contributed by atoms with Crippen molar-refractivity contribution >= 4 is 22.7 Å². The summed E-state index contributed by atoms with van der Waals surface area (Å²) in [6.07, 6.45) is -9.56. The summed E-state index contributed by atoms with van der Waals surface area (Å²) in [6.45, 7) is 0. The zero-order valence-electron chi connectivity index (χ0n) is 12.2. The van der Waals surface area contributed by atoms with Gasteiger partial charge in [0, 0.05) is 5.69 Å². The number of nitrogens with zero attached hydrogens (tertiary/aromatic N) is 3. The van der Waals surface area contributed by atoms with Crippen molar-refractivity contribution in [2.45, 2.75) is 12.4 Å². The monoisotopic (exact) mass is 361 g/mol. The number of nitrogens with one attached hydrogen (secondary N) is 1. The molecule has 0 atom stereocenters. The fraction of sp³-hybridized carbons (Fsp3) is 0.143. The van der Waals surface area contributed by atoms with Crippen LogP contribution in [0.5, 0.6) is 0 Å². The number of hydrogen-bond acceptors (Lipinski definition) is 5. The summed E-state index contributed by atoms with van der Waals surface area (Å²) < 4.78 is 77.4. The van der Waals surface area contributed by atoms with Crippen LogP contribution in [0.4, 0.5) is 49.1 Å². The van der Waals surface area contributed by atoms with Gasteiger partial charge in [-0.25, -0.2) is 5.53 Å². The van der Waals surface area contributed by atoms with Crippen molar-refractivity contribution in [3.8, 4) is 0 Å². The highest BCUT2D eigenvalue weighted by Gasteiger charge is 2.35. The predicted molar refractivity (Wildman–Crippen MR) is 76.3 cm³/mol. The summed E-state index contributed by atoms with van der Waals surface area (Å²) >= 11 is 0. The fourth-order valence-electron chi connectivity index (χ4n) is 1.89. The fourth-order valence-corrected chi connectivity index (χ4v) is 1.89. The molecule has 0 aliphatic rings. The molecule has 0 saturated heterocycles. The van der Waals surface area contributed by atoms with Gasteiger partial charge in [-0.05, 0) is 36.4 Å². The molecular weight excluding hydrogens is 352 g/mol. The number of nitrogens with two attached hydrogens (primary N) is 1. The van der Waals surface area contributed by atoms with Crippen molar-refractivity contribution in [3.05, 3.63) is 47.5 Å². The number of anilines is 1. The molecule has 0 aromatic heterocycles. The minimum Gasteiger partial charge on any atom is -0.399 e. The van der Waals surface area contributed by atoms with Crippen LogP contribution in [-0.4, -0.2) is 0 Å². The van der Waals surface area contributed by atoms with Gasteiger partial charge in [-0.2, -0.15) is 36.6 Å². The van der Waals surface area contributed by atoms with Crippen LogP contribution in [-0.2, 0) is 12.4 Å². The average Bonchev–Trinajstić information content (AvgIpc) is 2.51. The van der Waals surface area contributed by atoms with Gasteiger partial charge in [0.15, 0.2) is 0 Å². The average molecular weight is 361 g/mol. The Morgan fingerprint density at radius 3 is 1.88 bits per heavy atom. The van der Waals surface area contributed by atoms with Crippen LogP contribution in [0.1, 0.15) is 11.1 Å². The van der Waals surface area contributed by atoms with Crippen LogP contribution < -0.4 is 5.73 Å². The first kappa shape index (κ1) is 18.4. The number of benzene rings is 2. The topological polar surface area (TPSA) is 87.0 Å². The largest absolute Gasteiger partial charge is 0.418 e. The SMILES string of the molecule is N=Nc1ccc(N=Nc2ccc(N)cc2C(F)(F)F)cc1C(F)(F)F. The first-order chi connectivity index (χ1) is 11.5. The second kappa shape index (κ2) is 6.49. The third kappa shape index (κ3) is 4.31. The van der Waals surface area contributed by atoms with E-state index in [0.717, 1.165) is 24.3 Å². The third-order valence-electron chi connectivity index (χ3n) is 3.01. The minimum atomic E-state index is -4.80. The highest BCUT2D eigenvalue weighted by atomic mass is 19.4. The summed E-state index contributed by atoms with van der Waals surface area (Å²) in [5.41, 5.74) is 7.90. The van der Waals surface area contributed by atoms with Gasteiger partial charge in [0.2, 0.25) is 0 Å². The van der Waals surface area contributed by atoms with E-state index >= 15 is 0 Å². The summed E-state index contributed by atoms with van der Waals surface area (Å²) in [6, 6.07) is 5.24. The molecule has 0 radical (unpaired) electrons. The zero-order chi connectivity index (χ0) is 18.8. The molecule has 3 N–H and O–H groups in total. The van der Waals surface area contributed by atoms with Gasteiger partial charge >= 0.3 is 12.4 Å². The van der Waals surface area contributed by atoms with E-state index in [1.54, 1.807) is 0 Å². The van der Waals surface area contributed by atoms with E-state index in [1.807, 2.05) is 0 Å². The quantitative estimate of drug-likeness (QED) is 0.371. The molecule has 0 saturated carbocycles. The van der Waals surface area contributed by atoms with Crippen molar-refractivity contribution in [2.24, 2.45) is 15.3 Å². The Balaban J connectivity index is 2.46. The van der Waals surface area contributed by atoms with Crippen LogP contribution >= 0.6 is 0 Å². The normalized spacial score (nSPS) is 12.6. The molecule has 132 valence electrons. The highest BCUT2D eigenvalue weighted by molar-refractivity contribution is 5.57. The Morgan fingerprint density at radius 2 is 1.32 bits per heavy atom. The van der Waals surface area contributed by atoms with E-state index in [1.165, 1.54) is 0 Å². The van der Waals surface area contributed by atoms with E-state index in [2.05, 4.69) is 15.3 Å². The molecule has 0 amide bonds. The first-order valence-corrected chi connectivity index (χ1v) is 6.49. The maximum Gasteiger partial charge on any atom is 0.418 e. The molecule has 25 heavy (non-hydrogen) atoms. The number of rotatable bonds is 3. The maximum absolute atomic E-state index is 12.9. The Labute approximate surface area is 136 Å². The lowest BCUT2D eigenvalue weighted by molar-refractivity contribution is -0.137. The molecular formula is C14H9F6N5. The smallest absolute Gasteiger partial charge is 0.399 e. The van der Waals surface area contributed by atoms with Gasteiger partial charge in [-0.1, -0.05) is 0 Å². The molecule has 5 nitrogen and oxygen atoms in total. The van der Waals surface area contributed by atoms with Crippen LogP contribution in [0.15, 0.2) is 51.7 Å². The Morgan fingerprint density at radius 1 is 0.760 bits per heavy atom. The molecule has 0 bridgehead atoms. The van der Waals surface area contributed by atoms with Crippen LogP contribution in [0.2, 0.25) is 0 Å². The summed E-state index contributed by atoms with van der Waals surface area (Å²) in [5.74, 6) is 0. The number of nitrogen functional groups attached to an aromatic ring is 1. The minimum absolute atomic E-state index is 0.146. The van der Waals surface area contributed by atoms with E-state index in [9.17, 15) is 26.3 Å². The van der Waals surface area contributed by atoms with Crippen molar-refractivity contribution in [1.82, 2.24) is 0 Å². The van der Waals surface area contributed by atoms with Gasteiger partial charge in [-0.15, -0.1) is 5.11 Å². The number of halogens is 6. The molecule has 0 aliphatic heterocycles. The Hall–Kier alpha value is -2.98. The predicted octanol–water partition coefficient (Wildman–Crippen LogP) is 6.38. The van der Waals surface area contributed by atoms with Gasteiger partial charge < -0.3 is 5.73 Å². The van der Waals surface area contributed by atoms with Crippen molar-refractivity contribution in [1.29, 1.82) is 5.53 Å². The zero-order valence-corrected chi connectivity index (χ0v) is 12.2. The lowest BCUT2D eigenvalue weighted by Crippen LogP contribution is -2.06. The number of alkyl halides is 6. The maximum atomic E-state index is 12.9. The van der Waals surface area contributed by atoms with Crippen LogP contribution in [0.25, 0.3) is 0 Å². The van der Waals surface area contributed by atoms with E-state index in [0.29, 0.717) is 12.1 Å². The third-order valence-corrected chi connectivity index (χ3v) is 3.01. The van der Waals surface area contributed by atoms with Gasteiger partial charge in [0.25, 0.3) is 0 Å². The van der Waals surface area contributed by atoms with Gasteiger partial charge in [-0.3, -0.25) is 0 Å². The van der Waals surface area contributed by atoms with E-state index in [-0.39, 0.29) is 11.4 Å². The standard InChI is InChI=1S/C14H9F6N5/c15-13(16,17)9-5-7(21)1-3-12(9)25-24-8-2-4-11(23-22)10(6-8)14(18,19)20/h1-6,22H,21H2. The molecule has 0 spiro atoms. The van der Waals surface area contributed by atoms with Crippen molar-refractivity contribution < 1.29 is 26.3 Å². The molecule has 0 aliphatic carbocycles. The Kier molecular flexibility index (Phi) is 4.77. The molecule has 0 heterocycles. The van der Waals surface area contributed by atoms with E-state index < -0.39 is 34.9 Å². The van der Waals surface area contributed by atoms with Crippen LogP contribution in [0, 0.1) is 5.53 Å². The first-order valence-electron chi connectivity index (χ1n) is 6.49. The molecule has 2 rings (SSSR count). The lowest BCUT2D eigenvalue weighted by Gasteiger charge is -2.10. The van der Waals surface area contributed by atoms with Crippen molar-refractivity contribution in [2.75, 3.05) is 5.73 Å². The Bertz CT molecular complexity index is 825. The number of hydrogen-bond donors (Lipinski definition) is 2. The van der Waals surface area contributed by atoms with Crippen LogP contribution in [0.3, 0.4) is 0 Å². The second-order valence-electron chi connectivity index (χ2n) is 4.79. The lowest BCUT2D eigenvalue weighted by atomic mass is 10.1. The molecule has 2 aromatic rings. The highest BCUT2D eigenvalue weighted by Crippen LogP contribution is 2.40. The summed E-state index contributed by atoms with van der Waals surface area (Å²) in [4.78, 5) is 0. The molecule has 0 fully saturated rings. The summed E-state index contributed by atoms with van der Waals surface area (Å²) in [7, 11) is 0. The van der Waals surface area contributed by atoms with E-state index in [4.69, 9.17) is 11.3 Å². The second-order valence-corrected chi connectivity index (χ2v) is 4.79. The molecule has 2 aromatic carbocycles. The summed E-state index contributed by atoms with van der Waals surface area (Å²) in [5, 5.41) is 9.53. The van der Waals surface area contributed by atoms with Gasteiger partial charge in [0.05, 0.1) is 28.2 Å². The van der Waals surface area contributed by atoms with Gasteiger partial charge in [0.1, 0.15) is 0 Å². The molecule has 0 unspecified atom stereocenters. The number of azo groups is 1. The molecule has 11 heteroatoms.